The van der Waals surface area contributed by atoms with Crippen molar-refractivity contribution < 1.29 is 0 Å². The Morgan fingerprint density at radius 2 is 1.36 bits per heavy atom. The van der Waals surface area contributed by atoms with Crippen LogP contribution in [0.5, 0.6) is 0 Å². The third kappa shape index (κ3) is 5.73. The average Bonchev–Trinajstić information content (AvgIpc) is 2.64. The lowest BCUT2D eigenvalue weighted by Gasteiger charge is -1.97. The van der Waals surface area contributed by atoms with Crippen molar-refractivity contribution in [1.29, 1.82) is 0 Å². The Morgan fingerprint density at radius 1 is 0.800 bits per heavy atom. The fraction of sp³-hybridized carbons (Fsp3) is 0.0556. The van der Waals surface area contributed by atoms with E-state index in [1.165, 1.54) is 0 Å². The van der Waals surface area contributed by atoms with Crippen molar-refractivity contribution in [2.45, 2.75) is 0 Å². The minimum absolute atomic E-state index is 0.493. The summed E-state index contributed by atoms with van der Waals surface area (Å²) >= 11 is 0. The number of hydrogen-bond acceptors (Lipinski definition) is 3. The van der Waals surface area contributed by atoms with Gasteiger partial charge in [0.05, 0.1) is 6.54 Å². The predicted molar refractivity (Wildman–Crippen MR) is 102 cm³/mol. The summed E-state index contributed by atoms with van der Waals surface area (Å²) in [6.45, 7) is 0.493. The van der Waals surface area contributed by atoms with E-state index in [0.717, 1.165) is 11.1 Å². The predicted octanol–water partition coefficient (Wildman–Crippen LogP) is 6.37. The van der Waals surface area contributed by atoms with Gasteiger partial charge in [0.2, 0.25) is 0 Å². The second-order valence-corrected chi connectivity index (χ2v) is 4.77. The quantitative estimate of drug-likeness (QED) is 0.243. The van der Waals surface area contributed by atoms with Gasteiger partial charge in [-0.15, -0.1) is 0 Å². The molecule has 0 fully saturated rings. The van der Waals surface area contributed by atoms with Crippen LogP contribution >= 0.6 is 0 Å². The molecule has 0 spiro atoms. The molecule has 2 rings (SSSR count). The first-order valence-electron chi connectivity index (χ1n) is 7.46. The van der Waals surface area contributed by atoms with Gasteiger partial charge in [-0.2, -0.15) is 0 Å². The number of nitrogens with zero attached hydrogens (tertiary/aromatic N) is 7. The van der Waals surface area contributed by atoms with Crippen LogP contribution in [-0.2, 0) is 0 Å². The molecule has 2 aromatic carbocycles. The zero-order valence-electron chi connectivity index (χ0n) is 13.3. The van der Waals surface area contributed by atoms with Crippen LogP contribution in [0.3, 0.4) is 0 Å². The zero-order valence-corrected chi connectivity index (χ0v) is 13.3. The summed E-state index contributed by atoms with van der Waals surface area (Å²) < 4.78 is 0. The highest BCUT2D eigenvalue weighted by Gasteiger charge is 1.94. The van der Waals surface area contributed by atoms with Gasteiger partial charge in [0.1, 0.15) is 0 Å². The lowest BCUT2D eigenvalue weighted by Crippen LogP contribution is -1.77. The van der Waals surface area contributed by atoms with Crippen LogP contribution in [0.15, 0.2) is 75.9 Å². The molecule has 2 aromatic rings. The van der Waals surface area contributed by atoms with E-state index >= 15 is 0 Å². The molecule has 0 bridgehead atoms. The molecule has 0 radical (unpaired) electrons. The third-order valence-corrected chi connectivity index (χ3v) is 3.15. The number of azide groups is 2. The molecule has 0 saturated carbocycles. The van der Waals surface area contributed by atoms with E-state index in [2.05, 4.69) is 25.0 Å². The van der Waals surface area contributed by atoms with Gasteiger partial charge in [-0.25, -0.2) is 0 Å². The van der Waals surface area contributed by atoms with E-state index in [4.69, 9.17) is 11.1 Å². The van der Waals surface area contributed by atoms with E-state index in [1.807, 2.05) is 54.6 Å². The maximum absolute atomic E-state index is 8.54. The summed E-state index contributed by atoms with van der Waals surface area (Å²) in [5.74, 6) is 0. The van der Waals surface area contributed by atoms with Gasteiger partial charge in [-0.1, -0.05) is 77.0 Å². The molecular formula is C18H15N7. The van der Waals surface area contributed by atoms with E-state index < -0.39 is 0 Å². The van der Waals surface area contributed by atoms with E-state index in [0.29, 0.717) is 17.9 Å². The van der Waals surface area contributed by atoms with Crippen molar-refractivity contribution in [2.24, 2.45) is 15.2 Å². The molecule has 0 aromatic heterocycles. The van der Waals surface area contributed by atoms with Crippen molar-refractivity contribution in [2.75, 3.05) is 6.54 Å². The van der Waals surface area contributed by atoms with Crippen LogP contribution in [0.4, 0.5) is 11.4 Å². The number of hydrogen-bond donors (Lipinski definition) is 0. The first-order chi connectivity index (χ1) is 12.3. The molecule has 0 N–H and O–H groups in total. The number of benzene rings is 2. The molecule has 0 heterocycles. The molecule has 0 aliphatic rings. The molecule has 0 amide bonds. The van der Waals surface area contributed by atoms with Crippen LogP contribution in [-0.4, -0.2) is 12.8 Å². The van der Waals surface area contributed by atoms with Crippen LogP contribution in [0, 0.1) is 0 Å². The molecule has 25 heavy (non-hydrogen) atoms. The Hall–Kier alpha value is -3.79. The first-order valence-corrected chi connectivity index (χ1v) is 7.46. The topological polar surface area (TPSA) is 110 Å². The SMILES string of the molecule is [N-]=[N+]=Nc1ccccc1/C=C/C=NC/C=C/c1ccccc1N=[N+]=[N-]. The van der Waals surface area contributed by atoms with Crippen molar-refractivity contribution in [3.8, 4) is 0 Å². The summed E-state index contributed by atoms with van der Waals surface area (Å²) in [7, 11) is 0. The lowest BCUT2D eigenvalue weighted by molar-refractivity contribution is 1.27. The molecule has 0 aliphatic heterocycles. The van der Waals surface area contributed by atoms with Crippen LogP contribution in [0.2, 0.25) is 0 Å². The molecule has 7 nitrogen and oxygen atoms in total. The van der Waals surface area contributed by atoms with E-state index in [9.17, 15) is 0 Å². The van der Waals surface area contributed by atoms with Crippen molar-refractivity contribution in [3.05, 3.63) is 92.7 Å². The first kappa shape index (κ1) is 17.6. The second kappa shape index (κ2) is 10.1. The zero-order chi connectivity index (χ0) is 17.7. The number of allylic oxidation sites excluding steroid dienone is 1. The second-order valence-electron chi connectivity index (χ2n) is 4.77. The molecule has 0 unspecified atom stereocenters. The fourth-order valence-electron chi connectivity index (χ4n) is 2.04. The Kier molecular flexibility index (Phi) is 7.08. The average molecular weight is 329 g/mol. The Bertz CT molecular complexity index is 899. The van der Waals surface area contributed by atoms with Crippen molar-refractivity contribution >= 4 is 29.7 Å². The normalized spacial score (nSPS) is 10.9. The van der Waals surface area contributed by atoms with Crippen molar-refractivity contribution in [3.63, 3.8) is 0 Å². The van der Waals surface area contributed by atoms with Gasteiger partial charge < -0.3 is 0 Å². The largest absolute Gasteiger partial charge is 0.289 e. The number of aliphatic imine (C=N–C) groups is 1. The maximum Gasteiger partial charge on any atom is 0.0573 e. The van der Waals surface area contributed by atoms with Crippen LogP contribution < -0.4 is 0 Å². The van der Waals surface area contributed by atoms with Crippen LogP contribution in [0.1, 0.15) is 11.1 Å². The van der Waals surface area contributed by atoms with E-state index in [1.54, 1.807) is 24.4 Å². The number of rotatable bonds is 7. The van der Waals surface area contributed by atoms with Crippen molar-refractivity contribution in [1.82, 2.24) is 0 Å². The Morgan fingerprint density at radius 3 is 1.96 bits per heavy atom. The van der Waals surface area contributed by atoms with Gasteiger partial charge in [0, 0.05) is 27.4 Å². The lowest BCUT2D eigenvalue weighted by atomic mass is 10.1. The molecule has 0 atom stereocenters. The highest BCUT2D eigenvalue weighted by molar-refractivity contribution is 5.80. The summed E-state index contributed by atoms with van der Waals surface area (Å²) in [6.07, 6.45) is 9.03. The van der Waals surface area contributed by atoms with Gasteiger partial charge in [-0.3, -0.25) is 4.99 Å². The standard InChI is InChI=1S/C18H15N7/c19-24-22-17-11-3-1-7-15(17)9-5-13-21-14-6-10-16-8-2-4-12-18(16)23-25-20/h1-13H,14H2/b9-5+,10-6+,21-13?. The Labute approximate surface area is 144 Å². The van der Waals surface area contributed by atoms with E-state index in [-0.39, 0.29) is 0 Å². The van der Waals surface area contributed by atoms with Gasteiger partial charge >= 0.3 is 0 Å². The third-order valence-electron chi connectivity index (χ3n) is 3.15. The summed E-state index contributed by atoms with van der Waals surface area (Å²) in [4.78, 5) is 9.86. The van der Waals surface area contributed by atoms with Gasteiger partial charge in [-0.05, 0) is 28.3 Å². The van der Waals surface area contributed by atoms with Crippen LogP contribution in [0.25, 0.3) is 33.0 Å². The highest BCUT2D eigenvalue weighted by Crippen LogP contribution is 2.20. The molecular weight excluding hydrogens is 314 g/mol. The van der Waals surface area contributed by atoms with Gasteiger partial charge in [0.25, 0.3) is 0 Å². The Balaban J connectivity index is 1.94. The smallest absolute Gasteiger partial charge is 0.0573 e. The molecule has 7 heteroatoms. The molecule has 0 aliphatic carbocycles. The molecule has 0 saturated heterocycles. The summed E-state index contributed by atoms with van der Waals surface area (Å²) in [6, 6.07) is 14.6. The monoisotopic (exact) mass is 329 g/mol. The highest BCUT2D eigenvalue weighted by atomic mass is 15.1. The fourth-order valence-corrected chi connectivity index (χ4v) is 2.04. The molecule has 122 valence electrons. The summed E-state index contributed by atoms with van der Waals surface area (Å²) in [5.41, 5.74) is 19.9. The maximum atomic E-state index is 8.54. The minimum Gasteiger partial charge on any atom is -0.289 e. The van der Waals surface area contributed by atoms with Gasteiger partial charge in [0.15, 0.2) is 0 Å². The minimum atomic E-state index is 0.493. The summed E-state index contributed by atoms with van der Waals surface area (Å²) in [5, 5.41) is 7.27.